The van der Waals surface area contributed by atoms with Crippen molar-refractivity contribution in [2.45, 2.75) is 6.92 Å². The van der Waals surface area contributed by atoms with Crippen LogP contribution in [0.15, 0.2) is 24.3 Å². The molecule has 1 N–H and O–H groups in total. The van der Waals surface area contributed by atoms with E-state index in [2.05, 4.69) is 0 Å². The number of ether oxygens (including phenoxy) is 1. The van der Waals surface area contributed by atoms with Crippen molar-refractivity contribution in [2.75, 3.05) is 7.11 Å². The highest BCUT2D eigenvalue weighted by Crippen LogP contribution is 2.30. The molecule has 0 radical (unpaired) electrons. The number of rotatable bonds is 2. The first-order valence-corrected chi connectivity index (χ1v) is 5.92. The third kappa shape index (κ3) is 1.83. The molecular formula is C11H11NO2S2. The van der Waals surface area contributed by atoms with Crippen LogP contribution < -0.4 is 4.74 Å². The van der Waals surface area contributed by atoms with Crippen molar-refractivity contribution >= 4 is 23.6 Å². The maximum Gasteiger partial charge on any atom is 0.197 e. The van der Waals surface area contributed by atoms with Gasteiger partial charge >= 0.3 is 0 Å². The molecule has 0 spiro atoms. The van der Waals surface area contributed by atoms with Crippen molar-refractivity contribution in [1.82, 2.24) is 4.73 Å². The molecule has 0 aliphatic carbocycles. The predicted molar refractivity (Wildman–Crippen MR) is 67.1 cm³/mol. The maximum atomic E-state index is 9.59. The van der Waals surface area contributed by atoms with E-state index in [9.17, 15) is 5.21 Å². The molecule has 84 valence electrons. The summed E-state index contributed by atoms with van der Waals surface area (Å²) in [5.41, 5.74) is 1.79. The molecule has 0 bridgehead atoms. The summed E-state index contributed by atoms with van der Waals surface area (Å²) in [6.07, 6.45) is 0. The highest BCUT2D eigenvalue weighted by Gasteiger charge is 2.09. The van der Waals surface area contributed by atoms with Gasteiger partial charge in [-0.1, -0.05) is 0 Å². The fourth-order valence-corrected chi connectivity index (χ4v) is 2.72. The molecule has 0 aliphatic rings. The lowest BCUT2D eigenvalue weighted by molar-refractivity contribution is 0.179. The van der Waals surface area contributed by atoms with E-state index < -0.39 is 0 Å². The molecule has 3 nitrogen and oxygen atoms in total. The summed E-state index contributed by atoms with van der Waals surface area (Å²) in [5, 5.41) is 9.59. The summed E-state index contributed by atoms with van der Waals surface area (Å²) < 4.78 is 6.60. The van der Waals surface area contributed by atoms with Crippen molar-refractivity contribution < 1.29 is 9.94 Å². The molecule has 1 aromatic heterocycles. The van der Waals surface area contributed by atoms with E-state index in [4.69, 9.17) is 17.0 Å². The van der Waals surface area contributed by atoms with Crippen LogP contribution in [0.2, 0.25) is 0 Å². The number of thiazole rings is 1. The van der Waals surface area contributed by atoms with Crippen LogP contribution in [0, 0.1) is 10.9 Å². The van der Waals surface area contributed by atoms with E-state index in [-0.39, 0.29) is 0 Å². The number of hydrogen-bond acceptors (Lipinski definition) is 4. The first-order valence-electron chi connectivity index (χ1n) is 4.69. The summed E-state index contributed by atoms with van der Waals surface area (Å²) in [6.45, 7) is 1.84. The zero-order valence-corrected chi connectivity index (χ0v) is 10.6. The topological polar surface area (TPSA) is 34.4 Å². The van der Waals surface area contributed by atoms with Gasteiger partial charge in [0.2, 0.25) is 0 Å². The van der Waals surface area contributed by atoms with Crippen molar-refractivity contribution in [1.29, 1.82) is 0 Å². The lowest BCUT2D eigenvalue weighted by Gasteiger charge is -2.02. The largest absolute Gasteiger partial charge is 0.497 e. The molecule has 0 saturated carbocycles. The Balaban J connectivity index is 2.50. The summed E-state index contributed by atoms with van der Waals surface area (Å²) in [5.74, 6) is 0.813. The fraction of sp³-hybridized carbons (Fsp3) is 0.182. The van der Waals surface area contributed by atoms with E-state index >= 15 is 0 Å². The van der Waals surface area contributed by atoms with Gasteiger partial charge in [-0.05, 0) is 49.0 Å². The molecule has 1 heterocycles. The number of hydrogen-bond donors (Lipinski definition) is 1. The van der Waals surface area contributed by atoms with Crippen LogP contribution in [0.3, 0.4) is 0 Å². The molecule has 0 fully saturated rings. The number of methoxy groups -OCH3 is 1. The standard InChI is InChI=1S/C11H11NO2S2/c1-7-10(16-11(15)12(7)13)8-3-5-9(14-2)6-4-8/h3-6,13H,1-2H3. The summed E-state index contributed by atoms with van der Waals surface area (Å²) in [4.78, 5) is 0.982. The van der Waals surface area contributed by atoms with Crippen LogP contribution in [0.5, 0.6) is 5.75 Å². The Morgan fingerprint density at radius 3 is 2.38 bits per heavy atom. The van der Waals surface area contributed by atoms with Gasteiger partial charge in [-0.15, -0.1) is 11.3 Å². The van der Waals surface area contributed by atoms with E-state index in [0.717, 1.165) is 26.6 Å². The lowest BCUT2D eigenvalue weighted by Crippen LogP contribution is -1.92. The monoisotopic (exact) mass is 253 g/mol. The van der Waals surface area contributed by atoms with Crippen molar-refractivity contribution in [3.8, 4) is 16.2 Å². The summed E-state index contributed by atoms with van der Waals surface area (Å²) in [6, 6.07) is 7.68. The second kappa shape index (κ2) is 4.27. The summed E-state index contributed by atoms with van der Waals surface area (Å²) >= 11 is 6.41. The molecule has 0 saturated heterocycles. The molecule has 1 aromatic carbocycles. The van der Waals surface area contributed by atoms with Gasteiger partial charge in [0.15, 0.2) is 3.95 Å². The number of benzene rings is 1. The highest BCUT2D eigenvalue weighted by molar-refractivity contribution is 7.73. The smallest absolute Gasteiger partial charge is 0.197 e. The average Bonchev–Trinajstić information content (AvgIpc) is 2.57. The second-order valence-electron chi connectivity index (χ2n) is 3.32. The maximum absolute atomic E-state index is 9.59. The van der Waals surface area contributed by atoms with Crippen LogP contribution in [-0.4, -0.2) is 17.0 Å². The molecule has 0 atom stereocenters. The van der Waals surface area contributed by atoms with E-state index in [0.29, 0.717) is 3.95 Å². The lowest BCUT2D eigenvalue weighted by atomic mass is 10.1. The highest BCUT2D eigenvalue weighted by atomic mass is 32.1. The fourth-order valence-electron chi connectivity index (χ4n) is 1.45. The Kier molecular flexibility index (Phi) is 2.98. The Labute approximate surface area is 103 Å². The quantitative estimate of drug-likeness (QED) is 0.657. The predicted octanol–water partition coefficient (Wildman–Crippen LogP) is 3.50. The van der Waals surface area contributed by atoms with E-state index in [1.807, 2.05) is 31.2 Å². The van der Waals surface area contributed by atoms with Crippen molar-refractivity contribution in [3.63, 3.8) is 0 Å². The van der Waals surface area contributed by atoms with Crippen LogP contribution in [-0.2, 0) is 0 Å². The van der Waals surface area contributed by atoms with Gasteiger partial charge in [0.05, 0.1) is 17.7 Å². The minimum absolute atomic E-state index is 0.461. The van der Waals surface area contributed by atoms with Gasteiger partial charge in [0.1, 0.15) is 5.75 Å². The van der Waals surface area contributed by atoms with E-state index in [1.54, 1.807) is 7.11 Å². The molecule has 2 rings (SSSR count). The van der Waals surface area contributed by atoms with Crippen LogP contribution in [0.4, 0.5) is 0 Å². The Hall–Kier alpha value is -1.33. The zero-order valence-electron chi connectivity index (χ0n) is 8.93. The third-order valence-corrected chi connectivity index (χ3v) is 3.87. The van der Waals surface area contributed by atoms with Gasteiger partial charge in [-0.25, -0.2) is 0 Å². The number of aromatic nitrogens is 1. The van der Waals surface area contributed by atoms with Crippen LogP contribution in [0.25, 0.3) is 10.4 Å². The molecule has 0 aliphatic heterocycles. The normalized spacial score (nSPS) is 10.4. The first-order chi connectivity index (χ1) is 7.63. The third-order valence-electron chi connectivity index (χ3n) is 2.36. The molecular weight excluding hydrogens is 242 g/mol. The Morgan fingerprint density at radius 1 is 1.31 bits per heavy atom. The average molecular weight is 253 g/mol. The second-order valence-corrected chi connectivity index (χ2v) is 4.97. The van der Waals surface area contributed by atoms with Gasteiger partial charge in [0, 0.05) is 0 Å². The van der Waals surface area contributed by atoms with Crippen molar-refractivity contribution in [2.24, 2.45) is 0 Å². The van der Waals surface area contributed by atoms with Crippen LogP contribution >= 0.6 is 23.6 Å². The SMILES string of the molecule is COc1ccc(-c2sc(=S)n(O)c2C)cc1. The summed E-state index contributed by atoms with van der Waals surface area (Å²) in [7, 11) is 1.63. The zero-order chi connectivity index (χ0) is 11.7. The minimum Gasteiger partial charge on any atom is -0.497 e. The Morgan fingerprint density at radius 2 is 1.94 bits per heavy atom. The molecule has 5 heteroatoms. The minimum atomic E-state index is 0.461. The molecule has 0 unspecified atom stereocenters. The van der Waals surface area contributed by atoms with Gasteiger partial charge in [0.25, 0.3) is 0 Å². The van der Waals surface area contributed by atoms with Gasteiger partial charge < -0.3 is 9.94 Å². The van der Waals surface area contributed by atoms with Gasteiger partial charge in [-0.2, -0.15) is 4.73 Å². The van der Waals surface area contributed by atoms with Crippen LogP contribution in [0.1, 0.15) is 5.69 Å². The number of nitrogens with zero attached hydrogens (tertiary/aromatic N) is 1. The Bertz CT molecular complexity index is 554. The van der Waals surface area contributed by atoms with E-state index in [1.165, 1.54) is 11.3 Å². The molecule has 16 heavy (non-hydrogen) atoms. The van der Waals surface area contributed by atoms with Gasteiger partial charge in [-0.3, -0.25) is 0 Å². The van der Waals surface area contributed by atoms with Crippen molar-refractivity contribution in [3.05, 3.63) is 33.9 Å². The molecule has 0 amide bonds. The molecule has 2 aromatic rings. The first kappa shape index (κ1) is 11.2.